The second kappa shape index (κ2) is 8.19. The van der Waals surface area contributed by atoms with Gasteiger partial charge in [0.1, 0.15) is 23.0 Å². The van der Waals surface area contributed by atoms with Gasteiger partial charge in [-0.15, -0.1) is 11.3 Å². The Kier molecular flexibility index (Phi) is 5.43. The molecular weight excluding hydrogens is 380 g/mol. The third-order valence-corrected chi connectivity index (χ3v) is 7.64. The molecule has 0 N–H and O–H groups in total. The van der Waals surface area contributed by atoms with Crippen molar-refractivity contribution in [2.24, 2.45) is 0 Å². The topological polar surface area (TPSA) is 48.4 Å². The molecule has 2 fully saturated rings. The fraction of sp³-hybridized carbons (Fsp3) is 0.682. The lowest BCUT2D eigenvalue weighted by Gasteiger charge is -2.39. The molecule has 2 aromatic heterocycles. The first kappa shape index (κ1) is 19.2. The highest BCUT2D eigenvalue weighted by molar-refractivity contribution is 7.11. The number of hydrogen-bond donors (Lipinski definition) is 0. The van der Waals surface area contributed by atoms with Crippen LogP contribution in [0, 0.1) is 0 Å². The van der Waals surface area contributed by atoms with Crippen LogP contribution in [-0.4, -0.2) is 59.1 Å². The van der Waals surface area contributed by atoms with Crippen LogP contribution in [0.1, 0.15) is 54.1 Å². The maximum atomic E-state index is 4.96. The minimum Gasteiger partial charge on any atom is -0.363 e. The van der Waals surface area contributed by atoms with Gasteiger partial charge < -0.3 is 9.80 Å². The lowest BCUT2D eigenvalue weighted by atomic mass is 10.0. The average Bonchev–Trinajstić information content (AvgIpc) is 3.48. The van der Waals surface area contributed by atoms with Gasteiger partial charge in [0.15, 0.2) is 0 Å². The van der Waals surface area contributed by atoms with Crippen molar-refractivity contribution in [1.82, 2.24) is 19.9 Å². The van der Waals surface area contributed by atoms with E-state index in [1.165, 1.54) is 62.1 Å². The normalized spacial score (nSPS) is 20.5. The fourth-order valence-electron chi connectivity index (χ4n) is 4.77. The van der Waals surface area contributed by atoms with Gasteiger partial charge in [0, 0.05) is 50.2 Å². The monoisotopic (exact) mass is 412 g/mol. The van der Waals surface area contributed by atoms with Crippen LogP contribution in [0.2, 0.25) is 0 Å². The second-order valence-corrected chi connectivity index (χ2v) is 10.1. The van der Waals surface area contributed by atoms with Crippen molar-refractivity contribution >= 4 is 23.0 Å². The van der Waals surface area contributed by atoms with E-state index in [0.717, 1.165) is 31.3 Å². The lowest BCUT2D eigenvalue weighted by molar-refractivity contribution is 0.200. The molecule has 1 aliphatic heterocycles. The molecule has 3 aliphatic rings. The number of hydrogen-bond acceptors (Lipinski definition) is 7. The minimum absolute atomic E-state index is 0.591. The molecule has 6 nitrogen and oxygen atoms in total. The van der Waals surface area contributed by atoms with Crippen LogP contribution in [0.5, 0.6) is 0 Å². The van der Waals surface area contributed by atoms with Crippen LogP contribution < -0.4 is 9.80 Å². The van der Waals surface area contributed by atoms with E-state index in [2.05, 4.69) is 30.7 Å². The summed E-state index contributed by atoms with van der Waals surface area (Å²) in [6.07, 6.45) is 11.8. The van der Waals surface area contributed by atoms with Gasteiger partial charge in [-0.25, -0.2) is 15.0 Å². The zero-order valence-corrected chi connectivity index (χ0v) is 18.5. The van der Waals surface area contributed by atoms with Crippen LogP contribution in [0.25, 0.3) is 0 Å². The highest BCUT2D eigenvalue weighted by atomic mass is 32.1. The second-order valence-electron chi connectivity index (χ2n) is 8.96. The van der Waals surface area contributed by atoms with E-state index in [4.69, 9.17) is 4.98 Å². The molecule has 0 radical (unpaired) electrons. The van der Waals surface area contributed by atoms with Gasteiger partial charge in [-0.1, -0.05) is 0 Å². The number of aromatic nitrogens is 3. The third-order valence-electron chi connectivity index (χ3n) is 6.50. The summed E-state index contributed by atoms with van der Waals surface area (Å²) in [6.45, 7) is 3.35. The number of fused-ring (bicyclic) bond motifs is 1. The Morgan fingerprint density at radius 3 is 2.45 bits per heavy atom. The number of aryl methyl sites for hydroxylation is 2. The number of piperidine rings is 1. The molecule has 29 heavy (non-hydrogen) atoms. The van der Waals surface area contributed by atoms with E-state index in [1.807, 2.05) is 25.4 Å². The van der Waals surface area contributed by atoms with E-state index in [1.54, 1.807) is 11.2 Å². The molecule has 0 spiro atoms. The van der Waals surface area contributed by atoms with Gasteiger partial charge in [0.2, 0.25) is 0 Å². The maximum Gasteiger partial charge on any atom is 0.134 e. The van der Waals surface area contributed by atoms with Crippen molar-refractivity contribution in [2.75, 3.05) is 37.0 Å². The Balaban J connectivity index is 1.23. The number of nitrogens with zero attached hydrogens (tertiary/aromatic N) is 6. The third kappa shape index (κ3) is 4.26. The van der Waals surface area contributed by atoms with E-state index in [9.17, 15) is 0 Å². The number of thiazole rings is 1. The van der Waals surface area contributed by atoms with Crippen LogP contribution in [0.15, 0.2) is 12.4 Å². The van der Waals surface area contributed by atoms with Gasteiger partial charge in [-0.3, -0.25) is 4.90 Å². The van der Waals surface area contributed by atoms with Crippen LogP contribution >= 0.6 is 11.3 Å². The molecule has 0 unspecified atom stereocenters. The molecular formula is C22H32N6S. The highest BCUT2D eigenvalue weighted by Crippen LogP contribution is 2.36. The lowest BCUT2D eigenvalue weighted by Crippen LogP contribution is -2.46. The largest absolute Gasteiger partial charge is 0.363 e. The summed E-state index contributed by atoms with van der Waals surface area (Å²) in [5.41, 5.74) is 1.39. The van der Waals surface area contributed by atoms with Crippen molar-refractivity contribution in [3.63, 3.8) is 0 Å². The van der Waals surface area contributed by atoms with Crippen molar-refractivity contribution in [3.8, 4) is 0 Å². The zero-order valence-electron chi connectivity index (χ0n) is 17.7. The first-order chi connectivity index (χ1) is 14.2. The van der Waals surface area contributed by atoms with Gasteiger partial charge in [-0.05, 0) is 51.4 Å². The highest BCUT2D eigenvalue weighted by Gasteiger charge is 2.36. The fourth-order valence-corrected chi connectivity index (χ4v) is 5.97. The van der Waals surface area contributed by atoms with Gasteiger partial charge in [-0.2, -0.15) is 0 Å². The molecule has 0 aromatic carbocycles. The van der Waals surface area contributed by atoms with Gasteiger partial charge in [0.25, 0.3) is 0 Å². The van der Waals surface area contributed by atoms with E-state index < -0.39 is 0 Å². The van der Waals surface area contributed by atoms with Crippen molar-refractivity contribution < 1.29 is 0 Å². The summed E-state index contributed by atoms with van der Waals surface area (Å²) in [4.78, 5) is 22.8. The number of rotatable bonds is 6. The summed E-state index contributed by atoms with van der Waals surface area (Å²) >= 11 is 1.97. The molecule has 3 heterocycles. The summed E-state index contributed by atoms with van der Waals surface area (Å²) in [7, 11) is 4.09. The van der Waals surface area contributed by atoms with E-state index in [0.29, 0.717) is 12.1 Å². The Morgan fingerprint density at radius 1 is 1.00 bits per heavy atom. The van der Waals surface area contributed by atoms with Gasteiger partial charge in [0.05, 0.1) is 12.2 Å². The van der Waals surface area contributed by atoms with Crippen LogP contribution in [0.4, 0.5) is 11.6 Å². The molecule has 0 bridgehead atoms. The van der Waals surface area contributed by atoms with Crippen LogP contribution in [-0.2, 0) is 19.4 Å². The quantitative estimate of drug-likeness (QED) is 0.724. The Bertz CT molecular complexity index is 814. The molecule has 1 saturated carbocycles. The molecule has 7 heteroatoms. The first-order valence-corrected chi connectivity index (χ1v) is 12.0. The maximum absolute atomic E-state index is 4.96. The van der Waals surface area contributed by atoms with Gasteiger partial charge >= 0.3 is 0 Å². The Hall–Kier alpha value is -1.73. The molecule has 2 aromatic rings. The molecule has 156 valence electrons. The number of anilines is 2. The summed E-state index contributed by atoms with van der Waals surface area (Å²) < 4.78 is 0. The predicted molar refractivity (Wildman–Crippen MR) is 119 cm³/mol. The minimum atomic E-state index is 0.591. The van der Waals surface area contributed by atoms with E-state index >= 15 is 0 Å². The molecule has 0 atom stereocenters. The van der Waals surface area contributed by atoms with Crippen molar-refractivity contribution in [1.29, 1.82) is 0 Å². The summed E-state index contributed by atoms with van der Waals surface area (Å²) in [6, 6.07) is 3.42. The first-order valence-electron chi connectivity index (χ1n) is 11.1. The van der Waals surface area contributed by atoms with Crippen LogP contribution in [0.3, 0.4) is 0 Å². The predicted octanol–water partition coefficient (Wildman–Crippen LogP) is 3.51. The number of likely N-dealkylation sites (tertiary alicyclic amines) is 1. The SMILES string of the molecule is CN(C)c1cc(N(C2CC2)C2CCN(Cc3nc4c(s3)CCCC4)CC2)ncn1. The summed E-state index contributed by atoms with van der Waals surface area (Å²) in [5, 5.41) is 1.33. The Labute approximate surface area is 178 Å². The molecule has 2 aliphatic carbocycles. The van der Waals surface area contributed by atoms with Crippen molar-refractivity contribution in [2.45, 2.75) is 70.0 Å². The smallest absolute Gasteiger partial charge is 0.134 e. The Morgan fingerprint density at radius 2 is 1.72 bits per heavy atom. The average molecular weight is 413 g/mol. The zero-order chi connectivity index (χ0) is 19.8. The summed E-state index contributed by atoms with van der Waals surface area (Å²) in [5.74, 6) is 2.10. The standard InChI is InChI=1S/C22H32N6S/c1-26(2)20-13-21(24-15-23-20)28(16-7-8-16)17-9-11-27(12-10-17)14-22-25-18-5-3-4-6-19(18)29-22/h13,15-17H,3-12,14H2,1-2H3. The molecule has 5 rings (SSSR count). The molecule has 1 saturated heterocycles. The van der Waals surface area contributed by atoms with Crippen molar-refractivity contribution in [3.05, 3.63) is 28.0 Å². The van der Waals surface area contributed by atoms with E-state index in [-0.39, 0.29) is 0 Å². The molecule has 0 amide bonds.